The maximum absolute atomic E-state index is 12.6. The van der Waals surface area contributed by atoms with Crippen molar-refractivity contribution in [2.75, 3.05) is 25.4 Å². The van der Waals surface area contributed by atoms with E-state index in [0.29, 0.717) is 30.3 Å². The van der Waals surface area contributed by atoms with E-state index in [1.165, 1.54) is 28.2 Å². The Hall–Kier alpha value is -2.10. The first-order chi connectivity index (χ1) is 13.0. The first-order valence-electron chi connectivity index (χ1n) is 8.58. The number of hydrogen-bond donors (Lipinski definition) is 0. The Balaban J connectivity index is 1.69. The number of thioether (sulfide) groups is 1. The third kappa shape index (κ3) is 4.79. The lowest BCUT2D eigenvalue weighted by molar-refractivity contribution is -0.388. The summed E-state index contributed by atoms with van der Waals surface area (Å²) in [4.78, 5) is 11.3. The molecule has 0 aromatic heterocycles. The van der Waals surface area contributed by atoms with E-state index in [0.717, 1.165) is 24.7 Å². The molecule has 7 nitrogen and oxygen atoms in total. The van der Waals surface area contributed by atoms with Gasteiger partial charge in [-0.25, -0.2) is 8.42 Å². The van der Waals surface area contributed by atoms with E-state index in [-0.39, 0.29) is 10.6 Å². The standard InChI is InChI=1S/C18H20N2O5S2/c21-20(22)17-14-16(27(23,24)19-10-4-5-11-19)8-9-18(17)26-13-12-25-15-6-2-1-3-7-15/h1-3,6-9,14H,4-5,10-13H2. The summed E-state index contributed by atoms with van der Waals surface area (Å²) in [7, 11) is -3.68. The first-order valence-corrected chi connectivity index (χ1v) is 11.0. The second-order valence-electron chi connectivity index (χ2n) is 6.01. The molecule has 0 radical (unpaired) electrons. The van der Waals surface area contributed by atoms with E-state index in [9.17, 15) is 18.5 Å². The maximum atomic E-state index is 12.6. The number of rotatable bonds is 8. The van der Waals surface area contributed by atoms with Crippen LogP contribution in [0.15, 0.2) is 58.3 Å². The smallest absolute Gasteiger partial charge is 0.284 e. The van der Waals surface area contributed by atoms with Crippen molar-refractivity contribution < 1.29 is 18.1 Å². The van der Waals surface area contributed by atoms with Crippen LogP contribution in [0.5, 0.6) is 5.75 Å². The van der Waals surface area contributed by atoms with Gasteiger partial charge < -0.3 is 4.74 Å². The molecule has 0 saturated carbocycles. The van der Waals surface area contributed by atoms with Crippen LogP contribution in [0.1, 0.15) is 12.8 Å². The summed E-state index contributed by atoms with van der Waals surface area (Å²) in [5.41, 5.74) is -0.194. The summed E-state index contributed by atoms with van der Waals surface area (Å²) in [6.07, 6.45) is 1.63. The molecule has 2 aromatic rings. The fraction of sp³-hybridized carbons (Fsp3) is 0.333. The predicted molar refractivity (Wildman–Crippen MR) is 104 cm³/mol. The lowest BCUT2D eigenvalue weighted by Crippen LogP contribution is -2.27. The van der Waals surface area contributed by atoms with E-state index >= 15 is 0 Å². The molecule has 9 heteroatoms. The Bertz CT molecular complexity index is 897. The third-order valence-corrected chi connectivity index (χ3v) is 7.10. The number of para-hydroxylation sites is 1. The van der Waals surface area contributed by atoms with Gasteiger partial charge in [0.25, 0.3) is 5.69 Å². The van der Waals surface area contributed by atoms with Crippen molar-refractivity contribution in [2.45, 2.75) is 22.6 Å². The van der Waals surface area contributed by atoms with E-state index in [4.69, 9.17) is 4.74 Å². The molecule has 0 atom stereocenters. The second kappa shape index (κ2) is 8.73. The lowest BCUT2D eigenvalue weighted by atomic mass is 10.3. The normalized spacial score (nSPS) is 15.0. The minimum Gasteiger partial charge on any atom is -0.493 e. The van der Waals surface area contributed by atoms with Gasteiger partial charge in [0, 0.05) is 24.9 Å². The van der Waals surface area contributed by atoms with Crippen molar-refractivity contribution in [3.8, 4) is 5.75 Å². The Morgan fingerprint density at radius 1 is 1.11 bits per heavy atom. The van der Waals surface area contributed by atoms with E-state index in [2.05, 4.69) is 0 Å². The largest absolute Gasteiger partial charge is 0.493 e. The number of hydrogen-bond acceptors (Lipinski definition) is 6. The molecule has 2 aromatic carbocycles. The molecular formula is C18H20N2O5S2. The Morgan fingerprint density at radius 3 is 2.48 bits per heavy atom. The van der Waals surface area contributed by atoms with Gasteiger partial charge in [-0.2, -0.15) is 4.31 Å². The number of benzene rings is 2. The SMILES string of the molecule is O=[N+]([O-])c1cc(S(=O)(=O)N2CCCC2)ccc1SCCOc1ccccc1. The summed E-state index contributed by atoms with van der Waals surface area (Å²) >= 11 is 1.27. The fourth-order valence-corrected chi connectivity index (χ4v) is 5.20. The molecular weight excluding hydrogens is 388 g/mol. The van der Waals surface area contributed by atoms with Crippen LogP contribution in [-0.2, 0) is 10.0 Å². The van der Waals surface area contributed by atoms with E-state index in [1.807, 2.05) is 30.3 Å². The van der Waals surface area contributed by atoms with Crippen LogP contribution >= 0.6 is 11.8 Å². The van der Waals surface area contributed by atoms with Crippen LogP contribution in [0.4, 0.5) is 5.69 Å². The monoisotopic (exact) mass is 408 g/mol. The highest BCUT2D eigenvalue weighted by Crippen LogP contribution is 2.33. The predicted octanol–water partition coefficient (Wildman–Crippen LogP) is 3.55. The van der Waals surface area contributed by atoms with Gasteiger partial charge in [-0.3, -0.25) is 10.1 Å². The number of nitro benzene ring substituents is 1. The number of ether oxygens (including phenoxy) is 1. The zero-order valence-corrected chi connectivity index (χ0v) is 16.2. The lowest BCUT2D eigenvalue weighted by Gasteiger charge is -2.15. The molecule has 1 fully saturated rings. The highest BCUT2D eigenvalue weighted by atomic mass is 32.2. The summed E-state index contributed by atoms with van der Waals surface area (Å²) in [6.45, 7) is 1.31. The van der Waals surface area contributed by atoms with Crippen molar-refractivity contribution in [1.29, 1.82) is 0 Å². The van der Waals surface area contributed by atoms with Crippen LogP contribution in [0.2, 0.25) is 0 Å². The Labute approximate surface area is 162 Å². The highest BCUT2D eigenvalue weighted by molar-refractivity contribution is 7.99. The molecule has 1 heterocycles. The summed E-state index contributed by atoms with van der Waals surface area (Å²) in [5, 5.41) is 11.4. The van der Waals surface area contributed by atoms with Crippen molar-refractivity contribution in [3.63, 3.8) is 0 Å². The van der Waals surface area contributed by atoms with Crippen molar-refractivity contribution in [3.05, 3.63) is 58.6 Å². The Kier molecular flexibility index (Phi) is 6.35. The van der Waals surface area contributed by atoms with Gasteiger partial charge in [-0.05, 0) is 37.1 Å². The fourth-order valence-electron chi connectivity index (χ4n) is 2.83. The van der Waals surface area contributed by atoms with E-state index in [1.54, 1.807) is 0 Å². The van der Waals surface area contributed by atoms with Gasteiger partial charge in [0.2, 0.25) is 10.0 Å². The molecule has 0 N–H and O–H groups in total. The maximum Gasteiger partial charge on any atom is 0.284 e. The van der Waals surface area contributed by atoms with Gasteiger partial charge in [-0.15, -0.1) is 11.8 Å². The number of sulfonamides is 1. The minimum absolute atomic E-state index is 0.0269. The number of nitrogens with zero attached hydrogens (tertiary/aromatic N) is 2. The third-order valence-electron chi connectivity index (χ3n) is 4.18. The second-order valence-corrected chi connectivity index (χ2v) is 9.08. The molecule has 1 aliphatic heterocycles. The molecule has 0 amide bonds. The molecule has 1 aliphatic rings. The van der Waals surface area contributed by atoms with Crippen molar-refractivity contribution in [2.24, 2.45) is 0 Å². The molecule has 0 bridgehead atoms. The molecule has 144 valence electrons. The molecule has 27 heavy (non-hydrogen) atoms. The average molecular weight is 409 g/mol. The topological polar surface area (TPSA) is 89.8 Å². The van der Waals surface area contributed by atoms with E-state index < -0.39 is 14.9 Å². The van der Waals surface area contributed by atoms with Crippen molar-refractivity contribution in [1.82, 2.24) is 4.31 Å². The van der Waals surface area contributed by atoms with Gasteiger partial charge in [0.15, 0.2) is 0 Å². The Morgan fingerprint density at radius 2 is 1.81 bits per heavy atom. The molecule has 3 rings (SSSR count). The average Bonchev–Trinajstić information content (AvgIpc) is 3.21. The van der Waals surface area contributed by atoms with Gasteiger partial charge in [0.1, 0.15) is 5.75 Å². The van der Waals surface area contributed by atoms with Crippen LogP contribution in [0.25, 0.3) is 0 Å². The van der Waals surface area contributed by atoms with Gasteiger partial charge in [0.05, 0.1) is 21.3 Å². The molecule has 0 aliphatic carbocycles. The molecule has 1 saturated heterocycles. The van der Waals surface area contributed by atoms with Crippen LogP contribution in [-0.4, -0.2) is 43.1 Å². The molecule has 0 spiro atoms. The van der Waals surface area contributed by atoms with Gasteiger partial charge >= 0.3 is 0 Å². The quantitative estimate of drug-likeness (QED) is 0.287. The summed E-state index contributed by atoms with van der Waals surface area (Å²) in [5.74, 6) is 1.24. The first kappa shape index (κ1) is 19.7. The number of nitro groups is 1. The van der Waals surface area contributed by atoms with Crippen LogP contribution in [0.3, 0.4) is 0 Å². The van der Waals surface area contributed by atoms with Crippen molar-refractivity contribution >= 4 is 27.5 Å². The van der Waals surface area contributed by atoms with Crippen LogP contribution in [0, 0.1) is 10.1 Å². The summed E-state index contributed by atoms with van der Waals surface area (Å²) < 4.78 is 32.2. The molecule has 0 unspecified atom stereocenters. The van der Waals surface area contributed by atoms with Gasteiger partial charge in [-0.1, -0.05) is 18.2 Å². The zero-order chi connectivity index (χ0) is 19.3. The summed E-state index contributed by atoms with van der Waals surface area (Å²) in [6, 6.07) is 13.4. The van der Waals surface area contributed by atoms with Crippen LogP contribution < -0.4 is 4.74 Å². The minimum atomic E-state index is -3.68. The highest BCUT2D eigenvalue weighted by Gasteiger charge is 2.29. The zero-order valence-electron chi connectivity index (χ0n) is 14.6.